The number of carboxylic acid groups (broad SMARTS) is 1. The lowest BCUT2D eigenvalue weighted by Gasteiger charge is -2.36. The van der Waals surface area contributed by atoms with Crippen molar-refractivity contribution in [3.05, 3.63) is 41.4 Å². The van der Waals surface area contributed by atoms with Gasteiger partial charge in [0, 0.05) is 45.0 Å². The molecule has 3 rings (SSSR count). The molecule has 2 aliphatic heterocycles. The maximum atomic E-state index is 13.0. The summed E-state index contributed by atoms with van der Waals surface area (Å²) in [6, 6.07) is 6.41. The van der Waals surface area contributed by atoms with Crippen molar-refractivity contribution in [1.29, 1.82) is 0 Å². The number of hydrogen-bond donors (Lipinski definition) is 2. The van der Waals surface area contributed by atoms with Gasteiger partial charge in [0.1, 0.15) is 11.4 Å². The average Bonchev–Trinajstić information content (AvgIpc) is 2.90. The van der Waals surface area contributed by atoms with E-state index in [4.69, 9.17) is 5.11 Å². The van der Waals surface area contributed by atoms with E-state index in [0.717, 1.165) is 31.9 Å². The minimum absolute atomic E-state index is 0.0600. The lowest BCUT2D eigenvalue weighted by atomic mass is 10.2. The fourth-order valence-corrected chi connectivity index (χ4v) is 3.11. The predicted octanol–water partition coefficient (Wildman–Crippen LogP) is 0.687. The molecule has 2 aliphatic rings. The molecule has 1 aromatic rings. The Hall–Kier alpha value is -2.61. The molecular weight excluding hydrogens is 329 g/mol. The Bertz CT molecular complexity index is 696. The van der Waals surface area contributed by atoms with Gasteiger partial charge in [-0.05, 0) is 24.3 Å². The van der Waals surface area contributed by atoms with E-state index in [1.807, 2.05) is 0 Å². The summed E-state index contributed by atoms with van der Waals surface area (Å²) in [4.78, 5) is 28.5. The molecule has 0 atom stereocenters. The minimum atomic E-state index is -1.26. The van der Waals surface area contributed by atoms with Crippen LogP contribution in [0, 0.1) is 5.82 Å². The van der Waals surface area contributed by atoms with Gasteiger partial charge in [0.05, 0.1) is 6.54 Å². The van der Waals surface area contributed by atoms with Gasteiger partial charge >= 0.3 is 5.97 Å². The molecule has 0 bridgehead atoms. The Balaban J connectivity index is 1.47. The van der Waals surface area contributed by atoms with Gasteiger partial charge in [-0.1, -0.05) is 0 Å². The number of aliphatic hydroxyl groups excluding tert-OH is 1. The Morgan fingerprint density at radius 1 is 1.08 bits per heavy atom. The van der Waals surface area contributed by atoms with Crippen LogP contribution >= 0.6 is 0 Å². The molecular formula is C17H20FN3O4. The number of aliphatic hydroxyl groups is 1. The first kappa shape index (κ1) is 17.2. The molecule has 1 fully saturated rings. The van der Waals surface area contributed by atoms with Crippen LogP contribution in [0.3, 0.4) is 0 Å². The summed E-state index contributed by atoms with van der Waals surface area (Å²) in [5.74, 6) is -2.80. The van der Waals surface area contributed by atoms with Crippen molar-refractivity contribution in [2.75, 3.05) is 50.7 Å². The van der Waals surface area contributed by atoms with Gasteiger partial charge < -0.3 is 20.0 Å². The minimum Gasteiger partial charge on any atom is -0.503 e. The van der Waals surface area contributed by atoms with E-state index < -0.39 is 17.6 Å². The highest BCUT2D eigenvalue weighted by atomic mass is 19.1. The van der Waals surface area contributed by atoms with Crippen molar-refractivity contribution in [1.82, 2.24) is 9.80 Å². The second-order valence-corrected chi connectivity index (χ2v) is 6.16. The second kappa shape index (κ2) is 7.10. The van der Waals surface area contributed by atoms with E-state index >= 15 is 0 Å². The number of piperazine rings is 1. The number of nitrogens with zero attached hydrogens (tertiary/aromatic N) is 3. The zero-order chi connectivity index (χ0) is 18.0. The van der Waals surface area contributed by atoms with E-state index in [2.05, 4.69) is 9.80 Å². The number of benzene rings is 1. The highest BCUT2D eigenvalue weighted by molar-refractivity contribution is 6.04. The molecule has 25 heavy (non-hydrogen) atoms. The molecule has 2 heterocycles. The topological polar surface area (TPSA) is 84.3 Å². The molecule has 7 nitrogen and oxygen atoms in total. The van der Waals surface area contributed by atoms with Gasteiger partial charge in [-0.3, -0.25) is 9.69 Å². The number of aliphatic carboxylic acids is 1. The van der Waals surface area contributed by atoms with Gasteiger partial charge in [-0.25, -0.2) is 9.18 Å². The lowest BCUT2D eigenvalue weighted by molar-refractivity contribution is -0.133. The molecule has 2 N–H and O–H groups in total. The first-order valence-corrected chi connectivity index (χ1v) is 8.13. The summed E-state index contributed by atoms with van der Waals surface area (Å²) in [7, 11) is 0. The summed E-state index contributed by atoms with van der Waals surface area (Å²) >= 11 is 0. The number of carboxylic acids is 1. The van der Waals surface area contributed by atoms with Crippen LogP contribution in [0.2, 0.25) is 0 Å². The standard InChI is InChI=1S/C17H20FN3O4/c18-12-1-3-13(4-2-12)20-8-5-19(6-9-20)7-10-21-11-14(17(24)25)15(22)16(21)23/h1-4,22H,5-11H2,(H,24,25). The number of amides is 1. The van der Waals surface area contributed by atoms with Crippen LogP contribution in [-0.2, 0) is 9.59 Å². The van der Waals surface area contributed by atoms with E-state index in [0.29, 0.717) is 13.1 Å². The number of halogens is 1. The first-order valence-electron chi connectivity index (χ1n) is 8.13. The van der Waals surface area contributed by atoms with Crippen LogP contribution in [0.25, 0.3) is 0 Å². The van der Waals surface area contributed by atoms with E-state index in [-0.39, 0.29) is 17.9 Å². The third-order valence-corrected chi connectivity index (χ3v) is 4.63. The van der Waals surface area contributed by atoms with Gasteiger partial charge in [0.15, 0.2) is 5.76 Å². The van der Waals surface area contributed by atoms with Crippen LogP contribution in [-0.4, -0.2) is 77.7 Å². The number of rotatable bonds is 5. The average molecular weight is 349 g/mol. The zero-order valence-electron chi connectivity index (χ0n) is 13.7. The Labute approximate surface area is 144 Å². The number of hydrogen-bond acceptors (Lipinski definition) is 5. The lowest BCUT2D eigenvalue weighted by Crippen LogP contribution is -2.48. The predicted molar refractivity (Wildman–Crippen MR) is 88.9 cm³/mol. The Kier molecular flexibility index (Phi) is 4.89. The fourth-order valence-electron chi connectivity index (χ4n) is 3.11. The summed E-state index contributed by atoms with van der Waals surface area (Å²) in [6.45, 7) is 4.11. The molecule has 8 heteroatoms. The van der Waals surface area contributed by atoms with Crippen LogP contribution in [0.5, 0.6) is 0 Å². The van der Waals surface area contributed by atoms with Crippen LogP contribution in [0.4, 0.5) is 10.1 Å². The maximum absolute atomic E-state index is 13.0. The third-order valence-electron chi connectivity index (χ3n) is 4.63. The molecule has 0 saturated carbocycles. The van der Waals surface area contributed by atoms with E-state index in [1.54, 1.807) is 12.1 Å². The monoisotopic (exact) mass is 349 g/mol. The molecule has 1 aromatic carbocycles. The Morgan fingerprint density at radius 3 is 2.28 bits per heavy atom. The van der Waals surface area contributed by atoms with Crippen LogP contribution in [0.1, 0.15) is 0 Å². The number of carbonyl (C=O) groups excluding carboxylic acids is 1. The Morgan fingerprint density at radius 2 is 1.72 bits per heavy atom. The largest absolute Gasteiger partial charge is 0.503 e. The van der Waals surface area contributed by atoms with Crippen molar-refractivity contribution in [2.45, 2.75) is 0 Å². The quantitative estimate of drug-likeness (QED) is 0.814. The summed E-state index contributed by atoms with van der Waals surface area (Å²) in [5, 5.41) is 18.5. The molecule has 0 radical (unpaired) electrons. The SMILES string of the molecule is O=C(O)C1=C(O)C(=O)N(CCN2CCN(c3ccc(F)cc3)CC2)C1. The van der Waals surface area contributed by atoms with Gasteiger partial charge in [0.25, 0.3) is 5.91 Å². The highest BCUT2D eigenvalue weighted by Gasteiger charge is 2.34. The smallest absolute Gasteiger partial charge is 0.337 e. The summed E-state index contributed by atoms with van der Waals surface area (Å²) in [5.41, 5.74) is 0.738. The molecule has 0 spiro atoms. The van der Waals surface area contributed by atoms with Crippen molar-refractivity contribution in [3.8, 4) is 0 Å². The number of carbonyl (C=O) groups is 2. The van der Waals surface area contributed by atoms with Gasteiger partial charge in [0.2, 0.25) is 0 Å². The normalized spacial score (nSPS) is 19.0. The molecule has 0 aliphatic carbocycles. The van der Waals surface area contributed by atoms with E-state index in [1.165, 1.54) is 17.0 Å². The van der Waals surface area contributed by atoms with Crippen molar-refractivity contribution < 1.29 is 24.2 Å². The first-order chi connectivity index (χ1) is 12.0. The van der Waals surface area contributed by atoms with Crippen molar-refractivity contribution in [3.63, 3.8) is 0 Å². The molecule has 0 aromatic heterocycles. The van der Waals surface area contributed by atoms with Crippen molar-refractivity contribution >= 4 is 17.6 Å². The molecule has 0 unspecified atom stereocenters. The van der Waals surface area contributed by atoms with Crippen LogP contribution in [0.15, 0.2) is 35.6 Å². The molecule has 1 saturated heterocycles. The zero-order valence-corrected chi connectivity index (χ0v) is 13.7. The number of anilines is 1. The fraction of sp³-hybridized carbons (Fsp3) is 0.412. The maximum Gasteiger partial charge on any atom is 0.337 e. The summed E-state index contributed by atoms with van der Waals surface area (Å²) in [6.07, 6.45) is 0. The summed E-state index contributed by atoms with van der Waals surface area (Å²) < 4.78 is 13.0. The van der Waals surface area contributed by atoms with Crippen molar-refractivity contribution in [2.24, 2.45) is 0 Å². The third kappa shape index (κ3) is 3.74. The second-order valence-electron chi connectivity index (χ2n) is 6.16. The molecule has 134 valence electrons. The van der Waals surface area contributed by atoms with Gasteiger partial charge in [-0.15, -0.1) is 0 Å². The highest BCUT2D eigenvalue weighted by Crippen LogP contribution is 2.19. The van der Waals surface area contributed by atoms with Crippen LogP contribution < -0.4 is 4.90 Å². The van der Waals surface area contributed by atoms with Gasteiger partial charge in [-0.2, -0.15) is 0 Å². The molecule has 1 amide bonds. The van der Waals surface area contributed by atoms with E-state index in [9.17, 15) is 19.1 Å².